The smallest absolute Gasteiger partial charge is 0.343 e. The molecule has 1 aliphatic heterocycles. The SMILES string of the molecule is O=C1ONN(C2CCc3ccccc32)OC1=O. The fourth-order valence-electron chi connectivity index (χ4n) is 2.18. The average molecular weight is 234 g/mol. The summed E-state index contributed by atoms with van der Waals surface area (Å²) < 4.78 is 0. The fourth-order valence-corrected chi connectivity index (χ4v) is 2.18. The van der Waals surface area contributed by atoms with Crippen LogP contribution < -0.4 is 5.59 Å². The summed E-state index contributed by atoms with van der Waals surface area (Å²) in [6, 6.07) is 7.78. The summed E-state index contributed by atoms with van der Waals surface area (Å²) >= 11 is 0. The highest BCUT2D eigenvalue weighted by Gasteiger charge is 2.37. The number of hydrogen-bond donors (Lipinski definition) is 1. The van der Waals surface area contributed by atoms with Crippen molar-refractivity contribution < 1.29 is 19.3 Å². The van der Waals surface area contributed by atoms with Crippen molar-refractivity contribution in [3.05, 3.63) is 35.4 Å². The largest absolute Gasteiger partial charge is 0.439 e. The third kappa shape index (κ3) is 1.67. The number of hydrogen-bond acceptors (Lipinski definition) is 6. The molecule has 1 N–H and O–H groups in total. The van der Waals surface area contributed by atoms with Crippen molar-refractivity contribution in [2.24, 2.45) is 0 Å². The number of carbonyl (C=O) groups is 2. The molecule has 0 spiro atoms. The molecule has 1 fully saturated rings. The Kier molecular flexibility index (Phi) is 2.31. The molecular weight excluding hydrogens is 224 g/mol. The van der Waals surface area contributed by atoms with Gasteiger partial charge < -0.3 is 9.68 Å². The summed E-state index contributed by atoms with van der Waals surface area (Å²) in [5, 5.41) is 1.19. The first-order chi connectivity index (χ1) is 8.25. The predicted octanol–water partition coefficient (Wildman–Crippen LogP) is 0.410. The zero-order valence-electron chi connectivity index (χ0n) is 8.88. The zero-order valence-corrected chi connectivity index (χ0v) is 8.88. The molecule has 1 aliphatic carbocycles. The van der Waals surface area contributed by atoms with Crippen LogP contribution in [0, 0.1) is 0 Å². The van der Waals surface area contributed by atoms with Crippen molar-refractivity contribution in [1.82, 2.24) is 10.8 Å². The normalized spacial score (nSPS) is 24.1. The second kappa shape index (κ2) is 3.83. The van der Waals surface area contributed by atoms with Crippen molar-refractivity contribution in [2.45, 2.75) is 18.9 Å². The standard InChI is InChI=1S/C11H10N2O4/c14-10-11(15)17-13(12-16-10)9-6-5-7-3-1-2-4-8(7)9/h1-4,9,12H,5-6H2. The van der Waals surface area contributed by atoms with E-state index < -0.39 is 11.9 Å². The van der Waals surface area contributed by atoms with Crippen LogP contribution in [0.3, 0.4) is 0 Å². The summed E-state index contributed by atoms with van der Waals surface area (Å²) in [6.45, 7) is 0. The first kappa shape index (κ1) is 10.2. The van der Waals surface area contributed by atoms with Gasteiger partial charge in [-0.3, -0.25) is 0 Å². The van der Waals surface area contributed by atoms with E-state index in [9.17, 15) is 9.59 Å². The van der Waals surface area contributed by atoms with Crippen LogP contribution in [-0.4, -0.2) is 17.1 Å². The third-order valence-corrected chi connectivity index (χ3v) is 2.96. The Morgan fingerprint density at radius 2 is 2.06 bits per heavy atom. The van der Waals surface area contributed by atoms with Gasteiger partial charge in [-0.15, -0.1) is 0 Å². The molecule has 1 atom stereocenters. The van der Waals surface area contributed by atoms with Crippen LogP contribution >= 0.6 is 0 Å². The van der Waals surface area contributed by atoms with Gasteiger partial charge in [-0.2, -0.15) is 0 Å². The number of aryl methyl sites for hydroxylation is 1. The number of hydroxylamine groups is 1. The Morgan fingerprint density at radius 3 is 2.88 bits per heavy atom. The maximum absolute atomic E-state index is 11.1. The van der Waals surface area contributed by atoms with Gasteiger partial charge in [0.2, 0.25) is 0 Å². The molecule has 1 aromatic rings. The van der Waals surface area contributed by atoms with Gasteiger partial charge in [-0.05, 0) is 34.7 Å². The van der Waals surface area contributed by atoms with Gasteiger partial charge in [0.15, 0.2) is 0 Å². The zero-order chi connectivity index (χ0) is 11.8. The highest BCUT2D eigenvalue weighted by Crippen LogP contribution is 2.35. The number of fused-ring (bicyclic) bond motifs is 1. The van der Waals surface area contributed by atoms with Gasteiger partial charge in [-0.25, -0.2) is 9.59 Å². The van der Waals surface area contributed by atoms with E-state index in [4.69, 9.17) is 4.84 Å². The Balaban J connectivity index is 1.83. The predicted molar refractivity (Wildman–Crippen MR) is 54.7 cm³/mol. The van der Waals surface area contributed by atoms with E-state index in [1.165, 1.54) is 10.7 Å². The van der Waals surface area contributed by atoms with Crippen molar-refractivity contribution in [1.29, 1.82) is 0 Å². The van der Waals surface area contributed by atoms with Gasteiger partial charge in [0.05, 0.1) is 6.04 Å². The molecule has 1 aromatic carbocycles. The maximum Gasteiger partial charge on any atom is 0.439 e. The summed E-state index contributed by atoms with van der Waals surface area (Å²) in [7, 11) is 0. The maximum atomic E-state index is 11.1. The lowest BCUT2D eigenvalue weighted by atomic mass is 10.1. The van der Waals surface area contributed by atoms with Gasteiger partial charge in [0, 0.05) is 0 Å². The Hall–Kier alpha value is -1.92. The average Bonchev–Trinajstić information content (AvgIpc) is 2.76. The van der Waals surface area contributed by atoms with Gasteiger partial charge >= 0.3 is 11.9 Å². The minimum absolute atomic E-state index is 0.122. The van der Waals surface area contributed by atoms with Crippen molar-refractivity contribution >= 4 is 11.9 Å². The second-order valence-electron chi connectivity index (χ2n) is 3.94. The minimum atomic E-state index is -1.03. The first-order valence-corrected chi connectivity index (χ1v) is 5.31. The fraction of sp³-hybridized carbons (Fsp3) is 0.273. The molecule has 0 radical (unpaired) electrons. The van der Waals surface area contributed by atoms with Crippen LogP contribution in [0.5, 0.6) is 0 Å². The van der Waals surface area contributed by atoms with Gasteiger partial charge in [0.1, 0.15) is 0 Å². The molecule has 6 heteroatoms. The highest BCUT2D eigenvalue weighted by atomic mass is 16.9. The molecule has 6 nitrogen and oxygen atoms in total. The molecule has 1 saturated heterocycles. The summed E-state index contributed by atoms with van der Waals surface area (Å²) in [6.07, 6.45) is 1.71. The van der Waals surface area contributed by atoms with Crippen LogP contribution in [0.1, 0.15) is 23.6 Å². The lowest BCUT2D eigenvalue weighted by Crippen LogP contribution is -2.50. The summed E-state index contributed by atoms with van der Waals surface area (Å²) in [5.41, 5.74) is 4.61. The van der Waals surface area contributed by atoms with Crippen molar-refractivity contribution in [3.8, 4) is 0 Å². The second-order valence-corrected chi connectivity index (χ2v) is 3.94. The number of rotatable bonds is 1. The molecule has 0 aromatic heterocycles. The Labute approximate surface area is 97.0 Å². The number of hydrazine groups is 1. The van der Waals surface area contributed by atoms with E-state index in [-0.39, 0.29) is 6.04 Å². The van der Waals surface area contributed by atoms with Crippen molar-refractivity contribution in [2.75, 3.05) is 0 Å². The number of nitrogens with one attached hydrogen (secondary N) is 1. The molecular formula is C11H10N2O4. The number of nitrogens with zero attached hydrogens (tertiary/aromatic N) is 1. The van der Waals surface area contributed by atoms with Crippen LogP contribution in [0.15, 0.2) is 24.3 Å². The van der Waals surface area contributed by atoms with E-state index in [0.717, 1.165) is 18.4 Å². The third-order valence-electron chi connectivity index (χ3n) is 2.96. The highest BCUT2D eigenvalue weighted by molar-refractivity contribution is 6.29. The Bertz CT molecular complexity index is 488. The molecule has 0 saturated carbocycles. The molecule has 88 valence electrons. The van der Waals surface area contributed by atoms with Crippen LogP contribution in [0.25, 0.3) is 0 Å². The van der Waals surface area contributed by atoms with Gasteiger partial charge in [0.25, 0.3) is 0 Å². The molecule has 0 bridgehead atoms. The van der Waals surface area contributed by atoms with Crippen LogP contribution in [0.2, 0.25) is 0 Å². The molecule has 17 heavy (non-hydrogen) atoms. The summed E-state index contributed by atoms with van der Waals surface area (Å²) in [4.78, 5) is 31.2. The topological polar surface area (TPSA) is 67.9 Å². The quantitative estimate of drug-likeness (QED) is 0.710. The van der Waals surface area contributed by atoms with Crippen LogP contribution in [-0.2, 0) is 25.7 Å². The molecule has 1 unspecified atom stereocenters. The molecule has 0 amide bonds. The van der Waals surface area contributed by atoms with E-state index in [1.54, 1.807) is 0 Å². The molecule has 2 aliphatic rings. The number of benzene rings is 1. The van der Waals surface area contributed by atoms with E-state index in [2.05, 4.69) is 10.4 Å². The van der Waals surface area contributed by atoms with E-state index in [1.807, 2.05) is 24.3 Å². The van der Waals surface area contributed by atoms with E-state index in [0.29, 0.717) is 0 Å². The van der Waals surface area contributed by atoms with Crippen molar-refractivity contribution in [3.63, 3.8) is 0 Å². The lowest BCUT2D eigenvalue weighted by Gasteiger charge is -2.29. The molecule has 1 heterocycles. The van der Waals surface area contributed by atoms with Crippen LogP contribution in [0.4, 0.5) is 0 Å². The number of carbonyl (C=O) groups excluding carboxylic acids is 2. The van der Waals surface area contributed by atoms with Gasteiger partial charge in [-0.1, -0.05) is 24.3 Å². The first-order valence-electron chi connectivity index (χ1n) is 5.31. The minimum Gasteiger partial charge on any atom is -0.343 e. The monoisotopic (exact) mass is 234 g/mol. The summed E-state index contributed by atoms with van der Waals surface area (Å²) in [5.74, 6) is -2.04. The lowest BCUT2D eigenvalue weighted by molar-refractivity contribution is -0.295. The molecule has 3 rings (SSSR count). The Morgan fingerprint density at radius 1 is 1.24 bits per heavy atom. The van der Waals surface area contributed by atoms with E-state index >= 15 is 0 Å².